The zero-order chi connectivity index (χ0) is 23.3. The Morgan fingerprint density at radius 1 is 0.765 bits per heavy atom. The summed E-state index contributed by atoms with van der Waals surface area (Å²) in [7, 11) is 0. The second-order valence-electron chi connectivity index (χ2n) is 8.03. The minimum Gasteiger partial charge on any atom is -0.379 e. The minimum atomic E-state index is -0.116. The molecule has 5 aromatic carbocycles. The predicted octanol–water partition coefficient (Wildman–Crippen LogP) is 5.81. The summed E-state index contributed by atoms with van der Waals surface area (Å²) in [6.07, 6.45) is 0. The Kier molecular flexibility index (Phi) is 6.40. The van der Waals surface area contributed by atoms with E-state index in [1.54, 1.807) is 0 Å². The van der Waals surface area contributed by atoms with Crippen molar-refractivity contribution in [3.63, 3.8) is 0 Å². The summed E-state index contributed by atoms with van der Waals surface area (Å²) in [5, 5.41) is 15.7. The third-order valence-corrected chi connectivity index (χ3v) is 6.07. The maximum absolute atomic E-state index is 13.0. The quantitative estimate of drug-likeness (QED) is 0.0723. The topological polar surface area (TPSA) is 96.3 Å². The molecule has 0 saturated heterocycles. The van der Waals surface area contributed by atoms with Crippen LogP contribution in [0.5, 0.6) is 0 Å². The van der Waals surface area contributed by atoms with Gasteiger partial charge in [-0.05, 0) is 54.7 Å². The van der Waals surface area contributed by atoms with Crippen LogP contribution in [0.3, 0.4) is 0 Å². The van der Waals surface area contributed by atoms with E-state index in [0.717, 1.165) is 21.5 Å². The lowest BCUT2D eigenvalue weighted by Gasteiger charge is -2.16. The van der Waals surface area contributed by atoms with Crippen molar-refractivity contribution in [1.82, 2.24) is 5.32 Å². The smallest absolute Gasteiger partial charge is 0.251 e. The lowest BCUT2D eigenvalue weighted by molar-refractivity contribution is 0.0511. The highest BCUT2D eigenvalue weighted by Crippen LogP contribution is 2.40. The van der Waals surface area contributed by atoms with E-state index >= 15 is 0 Å². The first-order valence-electron chi connectivity index (χ1n) is 11.3. The maximum Gasteiger partial charge on any atom is 0.251 e. The molecule has 0 atom stereocenters. The van der Waals surface area contributed by atoms with Crippen LogP contribution < -0.4 is 5.32 Å². The van der Waals surface area contributed by atoms with E-state index < -0.39 is 0 Å². The average molecular weight is 453 g/mol. The van der Waals surface area contributed by atoms with Gasteiger partial charge in [0.05, 0.1) is 26.4 Å². The number of benzene rings is 5. The van der Waals surface area contributed by atoms with Gasteiger partial charge in [0.15, 0.2) is 0 Å². The van der Waals surface area contributed by atoms with Crippen molar-refractivity contribution in [3.05, 3.63) is 82.7 Å². The van der Waals surface area contributed by atoms with E-state index in [2.05, 4.69) is 63.9 Å². The van der Waals surface area contributed by atoms with E-state index in [1.165, 1.54) is 21.5 Å². The molecule has 5 rings (SSSR count). The van der Waals surface area contributed by atoms with E-state index in [4.69, 9.17) is 15.0 Å². The summed E-state index contributed by atoms with van der Waals surface area (Å²) in [6.45, 7) is 2.30. The van der Waals surface area contributed by atoms with Gasteiger partial charge in [0.1, 0.15) is 0 Å². The molecular formula is C27H24N4O3. The Morgan fingerprint density at radius 3 is 2.12 bits per heavy atom. The number of amides is 1. The Hall–Kier alpha value is -3.90. The second-order valence-corrected chi connectivity index (χ2v) is 8.03. The second kappa shape index (κ2) is 9.93. The summed E-state index contributed by atoms with van der Waals surface area (Å²) in [6, 6.07) is 23.0. The van der Waals surface area contributed by atoms with Gasteiger partial charge in [-0.1, -0.05) is 65.8 Å². The molecule has 0 fully saturated rings. The van der Waals surface area contributed by atoms with E-state index in [-0.39, 0.29) is 5.91 Å². The van der Waals surface area contributed by atoms with Crippen molar-refractivity contribution in [2.75, 3.05) is 39.5 Å². The van der Waals surface area contributed by atoms with Crippen LogP contribution >= 0.6 is 0 Å². The van der Waals surface area contributed by atoms with Crippen molar-refractivity contribution in [2.24, 2.45) is 5.11 Å². The molecule has 0 aliphatic heterocycles. The van der Waals surface area contributed by atoms with Crippen molar-refractivity contribution in [2.45, 2.75) is 0 Å². The van der Waals surface area contributed by atoms with Gasteiger partial charge in [0, 0.05) is 23.6 Å². The lowest BCUT2D eigenvalue weighted by Crippen LogP contribution is -2.27. The molecule has 5 aromatic rings. The van der Waals surface area contributed by atoms with Gasteiger partial charge in [-0.3, -0.25) is 4.79 Å². The lowest BCUT2D eigenvalue weighted by atomic mass is 9.88. The van der Waals surface area contributed by atoms with Crippen molar-refractivity contribution in [3.8, 4) is 0 Å². The molecule has 170 valence electrons. The van der Waals surface area contributed by atoms with Crippen LogP contribution in [0.4, 0.5) is 0 Å². The van der Waals surface area contributed by atoms with Gasteiger partial charge in [0.25, 0.3) is 5.91 Å². The van der Waals surface area contributed by atoms with Crippen LogP contribution in [-0.4, -0.2) is 45.4 Å². The molecule has 0 unspecified atom stereocenters. The molecule has 1 amide bonds. The maximum atomic E-state index is 13.0. The van der Waals surface area contributed by atoms with E-state index in [0.29, 0.717) is 45.1 Å². The largest absolute Gasteiger partial charge is 0.379 e. The summed E-state index contributed by atoms with van der Waals surface area (Å²) in [5.74, 6) is -0.116. The Bertz CT molecular complexity index is 1470. The molecule has 0 aliphatic carbocycles. The number of hydrogen-bond acceptors (Lipinski definition) is 4. The molecule has 7 nitrogen and oxygen atoms in total. The Balaban J connectivity index is 1.33. The van der Waals surface area contributed by atoms with Gasteiger partial charge in [-0.15, -0.1) is 0 Å². The first-order chi connectivity index (χ1) is 16.8. The normalized spacial score (nSPS) is 11.4. The van der Waals surface area contributed by atoms with Gasteiger partial charge < -0.3 is 14.8 Å². The van der Waals surface area contributed by atoms with E-state index in [9.17, 15) is 4.79 Å². The van der Waals surface area contributed by atoms with Gasteiger partial charge in [-0.25, -0.2) is 0 Å². The van der Waals surface area contributed by atoms with Crippen LogP contribution in [0.15, 0.2) is 71.8 Å². The fraction of sp³-hybridized carbons (Fsp3) is 0.222. The zero-order valence-electron chi connectivity index (χ0n) is 18.7. The van der Waals surface area contributed by atoms with Crippen molar-refractivity contribution < 1.29 is 14.3 Å². The summed E-state index contributed by atoms with van der Waals surface area (Å²) >= 11 is 0. The number of fused-ring (bicyclic) bond motifs is 2. The number of azide groups is 1. The highest BCUT2D eigenvalue weighted by molar-refractivity contribution is 6.34. The summed E-state index contributed by atoms with van der Waals surface area (Å²) in [5.41, 5.74) is 8.87. The average Bonchev–Trinajstić information content (AvgIpc) is 2.87. The van der Waals surface area contributed by atoms with Crippen molar-refractivity contribution >= 4 is 49.0 Å². The minimum absolute atomic E-state index is 0.116. The first kappa shape index (κ1) is 21.9. The third-order valence-electron chi connectivity index (χ3n) is 6.07. The number of nitrogens with zero attached hydrogens (tertiary/aromatic N) is 3. The molecule has 1 N–H and O–H groups in total. The van der Waals surface area contributed by atoms with Crippen LogP contribution in [-0.2, 0) is 9.47 Å². The number of hydrogen-bond donors (Lipinski definition) is 1. The molecule has 0 aliphatic rings. The van der Waals surface area contributed by atoms with Gasteiger partial charge in [-0.2, -0.15) is 0 Å². The number of carbonyl (C=O) groups excluding carboxylic acids is 1. The third kappa shape index (κ3) is 4.08. The Labute approximate surface area is 196 Å². The molecule has 0 bridgehead atoms. The van der Waals surface area contributed by atoms with Gasteiger partial charge >= 0.3 is 0 Å². The molecule has 0 heterocycles. The van der Waals surface area contributed by atoms with Gasteiger partial charge in [0.2, 0.25) is 0 Å². The number of rotatable bonds is 10. The predicted molar refractivity (Wildman–Crippen MR) is 136 cm³/mol. The monoisotopic (exact) mass is 452 g/mol. The number of carbonyl (C=O) groups is 1. The Morgan fingerprint density at radius 2 is 1.38 bits per heavy atom. The standard InChI is InChI=1S/C27H24N4O3/c28-31-30-13-15-34-17-16-33-14-12-29-27(32)24-11-10-23-20-7-2-5-18-4-1-6-19(25(18)20)21-8-3-9-22(24)26(21)23/h1-11H,12-17H2,(H,29,32). The molecule has 34 heavy (non-hydrogen) atoms. The molecule has 7 heteroatoms. The summed E-state index contributed by atoms with van der Waals surface area (Å²) < 4.78 is 10.8. The fourth-order valence-corrected chi connectivity index (χ4v) is 4.65. The molecular weight excluding hydrogens is 428 g/mol. The number of ether oxygens (including phenoxy) is 2. The van der Waals surface area contributed by atoms with Crippen LogP contribution in [0.1, 0.15) is 10.4 Å². The number of nitrogens with one attached hydrogen (secondary N) is 1. The molecule has 0 saturated carbocycles. The van der Waals surface area contributed by atoms with Crippen LogP contribution in [0, 0.1) is 0 Å². The fourth-order valence-electron chi connectivity index (χ4n) is 4.65. The highest BCUT2D eigenvalue weighted by atomic mass is 16.5. The van der Waals surface area contributed by atoms with E-state index in [1.807, 2.05) is 18.2 Å². The molecule has 0 radical (unpaired) electrons. The SMILES string of the molecule is [N-]=[N+]=NCCOCCOCCNC(=O)c1ccc2c3cccc4cccc(c5cccc1c52)c43. The highest BCUT2D eigenvalue weighted by Gasteiger charge is 2.16. The zero-order valence-corrected chi connectivity index (χ0v) is 18.7. The van der Waals surface area contributed by atoms with Crippen LogP contribution in [0.25, 0.3) is 53.5 Å². The van der Waals surface area contributed by atoms with Crippen molar-refractivity contribution in [1.29, 1.82) is 0 Å². The molecule has 0 spiro atoms. The first-order valence-corrected chi connectivity index (χ1v) is 11.3. The summed E-state index contributed by atoms with van der Waals surface area (Å²) in [4.78, 5) is 15.7. The molecule has 0 aromatic heterocycles. The van der Waals surface area contributed by atoms with Crippen LogP contribution in [0.2, 0.25) is 0 Å².